The molecule has 1 aliphatic heterocycles. The van der Waals surface area contributed by atoms with Crippen LogP contribution in [0.15, 0.2) is 48.5 Å². The van der Waals surface area contributed by atoms with E-state index in [2.05, 4.69) is 0 Å². The first-order chi connectivity index (χ1) is 14.3. The summed E-state index contributed by atoms with van der Waals surface area (Å²) in [6, 6.07) is 9.73. The van der Waals surface area contributed by atoms with Crippen molar-refractivity contribution in [2.75, 3.05) is 13.2 Å². The predicted octanol–water partition coefficient (Wildman–Crippen LogP) is 4.58. The summed E-state index contributed by atoms with van der Waals surface area (Å²) in [5.41, 5.74) is -2.83. The number of alkyl halides is 6. The Labute approximate surface area is 174 Å². The Morgan fingerprint density at radius 2 is 1.58 bits per heavy atom. The molecule has 0 aromatic heterocycles. The SMILES string of the molecule is C[C@@H](c1cc(C(F)(F)F)cc(C(F)(F)F)c1)[C@]1(O)OCCN(Cc2ccccc2)C1=O. The third kappa shape index (κ3) is 4.85. The van der Waals surface area contributed by atoms with Gasteiger partial charge in [-0.25, -0.2) is 0 Å². The van der Waals surface area contributed by atoms with Crippen molar-refractivity contribution in [3.05, 3.63) is 70.8 Å². The van der Waals surface area contributed by atoms with Gasteiger partial charge in [0.2, 0.25) is 0 Å². The van der Waals surface area contributed by atoms with E-state index in [1.165, 1.54) is 4.90 Å². The van der Waals surface area contributed by atoms with Crippen molar-refractivity contribution in [2.24, 2.45) is 0 Å². The fourth-order valence-corrected chi connectivity index (χ4v) is 3.42. The highest BCUT2D eigenvalue weighted by Crippen LogP contribution is 2.41. The number of amides is 1. The number of hydrogen-bond acceptors (Lipinski definition) is 3. The average Bonchev–Trinajstić information content (AvgIpc) is 2.70. The second kappa shape index (κ2) is 8.16. The van der Waals surface area contributed by atoms with Crippen LogP contribution in [-0.4, -0.2) is 34.9 Å². The molecular weight excluding hydrogens is 428 g/mol. The summed E-state index contributed by atoms with van der Waals surface area (Å²) in [4.78, 5) is 14.2. The van der Waals surface area contributed by atoms with Gasteiger partial charge in [-0.1, -0.05) is 37.3 Å². The molecule has 0 aliphatic carbocycles. The number of benzene rings is 2. The van der Waals surface area contributed by atoms with E-state index in [4.69, 9.17) is 4.74 Å². The molecule has 0 radical (unpaired) electrons. The second-order valence-electron chi connectivity index (χ2n) is 7.32. The van der Waals surface area contributed by atoms with E-state index in [0.717, 1.165) is 12.5 Å². The monoisotopic (exact) mass is 447 g/mol. The molecule has 31 heavy (non-hydrogen) atoms. The molecule has 0 bridgehead atoms. The van der Waals surface area contributed by atoms with Crippen molar-refractivity contribution >= 4 is 5.91 Å². The molecule has 1 saturated heterocycles. The molecule has 10 heteroatoms. The van der Waals surface area contributed by atoms with Crippen LogP contribution >= 0.6 is 0 Å². The first-order valence-corrected chi connectivity index (χ1v) is 9.31. The lowest BCUT2D eigenvalue weighted by Crippen LogP contribution is -2.58. The van der Waals surface area contributed by atoms with Crippen molar-refractivity contribution in [2.45, 2.75) is 37.5 Å². The van der Waals surface area contributed by atoms with Crippen molar-refractivity contribution in [1.82, 2.24) is 4.90 Å². The zero-order valence-electron chi connectivity index (χ0n) is 16.3. The maximum absolute atomic E-state index is 13.2. The van der Waals surface area contributed by atoms with Gasteiger partial charge >= 0.3 is 12.4 Å². The van der Waals surface area contributed by atoms with Gasteiger partial charge in [-0.3, -0.25) is 4.79 Å². The van der Waals surface area contributed by atoms with Crippen molar-refractivity contribution in [1.29, 1.82) is 0 Å². The molecule has 3 rings (SSSR count). The molecule has 1 amide bonds. The summed E-state index contributed by atoms with van der Waals surface area (Å²) >= 11 is 0. The van der Waals surface area contributed by atoms with Crippen molar-refractivity contribution < 1.29 is 41.0 Å². The lowest BCUT2D eigenvalue weighted by Gasteiger charge is -2.41. The summed E-state index contributed by atoms with van der Waals surface area (Å²) in [6.07, 6.45) is -10.1. The van der Waals surface area contributed by atoms with E-state index < -0.39 is 46.7 Å². The number of carbonyl (C=O) groups is 1. The maximum atomic E-state index is 13.2. The lowest BCUT2D eigenvalue weighted by atomic mass is 9.87. The summed E-state index contributed by atoms with van der Waals surface area (Å²) in [5, 5.41) is 10.9. The van der Waals surface area contributed by atoms with Gasteiger partial charge in [0.1, 0.15) is 0 Å². The molecule has 2 aromatic carbocycles. The molecule has 168 valence electrons. The number of halogens is 6. The standard InChI is InChI=1S/C21H19F6NO3/c1-13(15-9-16(20(22,23)24)11-17(10-15)21(25,26)27)19(30)18(29)28(7-8-31-19)12-14-5-3-2-4-6-14/h2-6,9-11,13,30H,7-8,12H2,1H3/t13-,19-/m0/s1. The minimum atomic E-state index is -5.05. The number of carbonyl (C=O) groups excluding carboxylic acids is 1. The highest BCUT2D eigenvalue weighted by molar-refractivity contribution is 5.85. The minimum absolute atomic E-state index is 0.00841. The molecular formula is C21H19F6NO3. The number of rotatable bonds is 4. The predicted molar refractivity (Wildman–Crippen MR) is 97.6 cm³/mol. The van der Waals surface area contributed by atoms with E-state index in [0.29, 0.717) is 12.1 Å². The van der Waals surface area contributed by atoms with Crippen LogP contribution in [-0.2, 0) is 28.4 Å². The number of morpholine rings is 1. The van der Waals surface area contributed by atoms with Gasteiger partial charge in [0.15, 0.2) is 0 Å². The molecule has 1 heterocycles. The minimum Gasteiger partial charge on any atom is -0.358 e. The Balaban J connectivity index is 1.96. The molecule has 2 aromatic rings. The van der Waals surface area contributed by atoms with Gasteiger partial charge in [-0.2, -0.15) is 26.3 Å². The van der Waals surface area contributed by atoms with Gasteiger partial charge in [-0.15, -0.1) is 0 Å². The smallest absolute Gasteiger partial charge is 0.358 e. The normalized spacial score (nSPS) is 21.3. The Morgan fingerprint density at radius 1 is 1.03 bits per heavy atom. The highest BCUT2D eigenvalue weighted by atomic mass is 19.4. The van der Waals surface area contributed by atoms with E-state index in [1.54, 1.807) is 30.3 Å². The second-order valence-corrected chi connectivity index (χ2v) is 7.32. The van der Waals surface area contributed by atoms with Crippen LogP contribution < -0.4 is 0 Å². The number of nitrogens with zero attached hydrogens (tertiary/aromatic N) is 1. The van der Waals surface area contributed by atoms with Gasteiger partial charge in [0.05, 0.1) is 17.7 Å². The van der Waals surface area contributed by atoms with E-state index >= 15 is 0 Å². The number of ether oxygens (including phenoxy) is 1. The van der Waals surface area contributed by atoms with Gasteiger partial charge in [0, 0.05) is 19.0 Å². The highest BCUT2D eigenvalue weighted by Gasteiger charge is 2.49. The first-order valence-electron chi connectivity index (χ1n) is 9.31. The van der Waals surface area contributed by atoms with Gasteiger partial charge in [-0.05, 0) is 29.3 Å². The third-order valence-electron chi connectivity index (χ3n) is 5.19. The average molecular weight is 447 g/mol. The maximum Gasteiger partial charge on any atom is 0.416 e. The van der Waals surface area contributed by atoms with E-state index in [1.807, 2.05) is 0 Å². The Morgan fingerprint density at radius 3 is 2.10 bits per heavy atom. The topological polar surface area (TPSA) is 49.8 Å². The fourth-order valence-electron chi connectivity index (χ4n) is 3.42. The Kier molecular flexibility index (Phi) is 6.07. The molecule has 0 saturated carbocycles. The van der Waals surface area contributed by atoms with Crippen LogP contribution in [0, 0.1) is 0 Å². The first kappa shape index (κ1) is 23.1. The van der Waals surface area contributed by atoms with Crippen LogP contribution in [0.5, 0.6) is 0 Å². The Hall–Kier alpha value is -2.59. The molecule has 1 N–H and O–H groups in total. The zero-order chi connectivity index (χ0) is 23.0. The van der Waals surface area contributed by atoms with Gasteiger partial charge < -0.3 is 14.7 Å². The van der Waals surface area contributed by atoms with Gasteiger partial charge in [0.25, 0.3) is 11.7 Å². The quantitative estimate of drug-likeness (QED) is 0.699. The van der Waals surface area contributed by atoms with Crippen LogP contribution in [0.2, 0.25) is 0 Å². The van der Waals surface area contributed by atoms with E-state index in [9.17, 15) is 36.2 Å². The molecule has 1 fully saturated rings. The Bertz CT molecular complexity index is 912. The fraction of sp³-hybridized carbons (Fsp3) is 0.381. The molecule has 0 unspecified atom stereocenters. The molecule has 2 atom stereocenters. The summed E-state index contributed by atoms with van der Waals surface area (Å²) < 4.78 is 84.3. The van der Waals surface area contributed by atoms with E-state index in [-0.39, 0.29) is 25.8 Å². The molecule has 4 nitrogen and oxygen atoms in total. The summed E-state index contributed by atoms with van der Waals surface area (Å²) in [7, 11) is 0. The lowest BCUT2D eigenvalue weighted by molar-refractivity contribution is -0.241. The number of aliphatic hydroxyl groups is 1. The summed E-state index contributed by atoms with van der Waals surface area (Å²) in [6.45, 7) is 1.23. The number of hydrogen-bond donors (Lipinski definition) is 1. The summed E-state index contributed by atoms with van der Waals surface area (Å²) in [5.74, 6) is -5.04. The van der Waals surface area contributed by atoms with Crippen molar-refractivity contribution in [3.8, 4) is 0 Å². The van der Waals surface area contributed by atoms with Crippen LogP contribution in [0.1, 0.15) is 35.1 Å². The largest absolute Gasteiger partial charge is 0.416 e. The van der Waals surface area contributed by atoms with Crippen LogP contribution in [0.4, 0.5) is 26.3 Å². The molecule has 1 aliphatic rings. The molecule has 0 spiro atoms. The van der Waals surface area contributed by atoms with Crippen molar-refractivity contribution in [3.63, 3.8) is 0 Å². The third-order valence-corrected chi connectivity index (χ3v) is 5.19. The van der Waals surface area contributed by atoms with Crippen LogP contribution in [0.3, 0.4) is 0 Å². The zero-order valence-corrected chi connectivity index (χ0v) is 16.3. The van der Waals surface area contributed by atoms with Crippen LogP contribution in [0.25, 0.3) is 0 Å².